The molecule has 2 N–H and O–H groups in total. The molecule has 3 atom stereocenters. The molecule has 40 heavy (non-hydrogen) atoms. The fourth-order valence-electron chi connectivity index (χ4n) is 5.22. The van der Waals surface area contributed by atoms with Crippen molar-refractivity contribution in [2.24, 2.45) is 5.92 Å². The molecule has 2 aromatic carbocycles. The van der Waals surface area contributed by atoms with Crippen molar-refractivity contribution in [3.05, 3.63) is 70.8 Å². The summed E-state index contributed by atoms with van der Waals surface area (Å²) in [5, 5.41) is 5.48. The van der Waals surface area contributed by atoms with Gasteiger partial charge in [-0.25, -0.2) is 4.79 Å². The highest BCUT2D eigenvalue weighted by molar-refractivity contribution is 5.96. The molecule has 1 fully saturated rings. The number of alkyl halides is 3. The molecule has 0 radical (unpaired) electrons. The minimum atomic E-state index is -4.56. The van der Waals surface area contributed by atoms with Crippen molar-refractivity contribution in [1.29, 1.82) is 0 Å². The van der Waals surface area contributed by atoms with Crippen LogP contribution in [0.5, 0.6) is 0 Å². The Balaban J connectivity index is 1.64. The highest BCUT2D eigenvalue weighted by Gasteiger charge is 2.34. The zero-order valence-corrected chi connectivity index (χ0v) is 23.4. The summed E-state index contributed by atoms with van der Waals surface area (Å²) in [7, 11) is 3.45. The molecule has 3 rings (SSSR count). The second kappa shape index (κ2) is 13.8. The number of carbonyl (C=O) groups is 3. The van der Waals surface area contributed by atoms with Crippen LogP contribution in [0.15, 0.2) is 48.5 Å². The topological polar surface area (TPSA) is 87.7 Å². The van der Waals surface area contributed by atoms with E-state index in [0.29, 0.717) is 24.1 Å². The van der Waals surface area contributed by atoms with E-state index < -0.39 is 29.5 Å². The van der Waals surface area contributed by atoms with E-state index in [9.17, 15) is 27.6 Å². The zero-order chi connectivity index (χ0) is 29.4. The number of halogens is 3. The standard InChI is InChI=1S/C30H38F3N3O4/c1-19(2)36(3)25-13-14-26(21(17-25)12-11-20-7-5-9-23(15-20)29(39)40-4)35-27(37)18-34-28(38)22-8-6-10-24(16-22)30(31,32)33/h5-10,15-16,19,21,25-26H,11-14,17-18H2,1-4H3,(H,34,38)(H,35,37)/t21-,25-,26+/m1/s1. The molecule has 1 saturated carbocycles. The first kappa shape index (κ1) is 31.1. The van der Waals surface area contributed by atoms with Gasteiger partial charge < -0.3 is 20.3 Å². The van der Waals surface area contributed by atoms with Crippen LogP contribution in [0.25, 0.3) is 0 Å². The first-order valence-electron chi connectivity index (χ1n) is 13.5. The second-order valence-corrected chi connectivity index (χ2v) is 10.7. The SMILES string of the molecule is COC(=O)c1cccc(CC[C@@H]2C[C@H](N(C)C(C)C)CC[C@@H]2NC(=O)CNC(=O)c2cccc(C(F)(F)F)c2)c1. The lowest BCUT2D eigenvalue weighted by Gasteiger charge is -2.42. The van der Waals surface area contributed by atoms with E-state index in [2.05, 4.69) is 36.4 Å². The number of carbonyl (C=O) groups excluding carboxylic acids is 3. The summed E-state index contributed by atoms with van der Waals surface area (Å²) in [6.07, 6.45) is -0.508. The third kappa shape index (κ3) is 8.55. The van der Waals surface area contributed by atoms with Crippen molar-refractivity contribution in [1.82, 2.24) is 15.5 Å². The Labute approximate surface area is 233 Å². The zero-order valence-electron chi connectivity index (χ0n) is 23.4. The number of esters is 1. The summed E-state index contributed by atoms with van der Waals surface area (Å²) in [5.41, 5.74) is 0.405. The van der Waals surface area contributed by atoms with Crippen LogP contribution in [0.1, 0.15) is 71.4 Å². The van der Waals surface area contributed by atoms with Gasteiger partial charge in [0, 0.05) is 23.7 Å². The van der Waals surface area contributed by atoms with Gasteiger partial charge in [0.2, 0.25) is 5.91 Å². The molecule has 1 aliphatic rings. The number of aryl methyl sites for hydroxylation is 1. The van der Waals surface area contributed by atoms with Gasteiger partial charge in [0.15, 0.2) is 0 Å². The summed E-state index contributed by atoms with van der Waals surface area (Å²) in [6.45, 7) is 3.96. The number of hydrogen-bond donors (Lipinski definition) is 2. The van der Waals surface area contributed by atoms with Crippen LogP contribution in [-0.4, -0.2) is 61.5 Å². The van der Waals surface area contributed by atoms with Crippen LogP contribution in [0, 0.1) is 5.92 Å². The van der Waals surface area contributed by atoms with E-state index in [0.717, 1.165) is 49.4 Å². The van der Waals surface area contributed by atoms with Gasteiger partial charge in [0.05, 0.1) is 24.8 Å². The van der Waals surface area contributed by atoms with Crippen LogP contribution < -0.4 is 10.6 Å². The minimum absolute atomic E-state index is 0.112. The molecule has 1 aliphatic carbocycles. The Morgan fingerprint density at radius 1 is 1.05 bits per heavy atom. The maximum atomic E-state index is 13.0. The average molecular weight is 562 g/mol. The summed E-state index contributed by atoms with van der Waals surface area (Å²) in [6, 6.07) is 12.0. The van der Waals surface area contributed by atoms with Crippen molar-refractivity contribution in [2.75, 3.05) is 20.7 Å². The Morgan fingerprint density at radius 2 is 1.75 bits per heavy atom. The van der Waals surface area contributed by atoms with Gasteiger partial charge in [0.1, 0.15) is 0 Å². The Bertz CT molecular complexity index is 1180. The maximum absolute atomic E-state index is 13.0. The number of hydrogen-bond acceptors (Lipinski definition) is 5. The molecule has 0 unspecified atom stereocenters. The van der Waals surface area contributed by atoms with Gasteiger partial charge in [-0.05, 0) is 94.8 Å². The minimum Gasteiger partial charge on any atom is -0.465 e. The quantitative estimate of drug-likeness (QED) is 0.405. The average Bonchev–Trinajstić information content (AvgIpc) is 2.94. The number of ether oxygens (including phenoxy) is 1. The number of amides is 2. The molecule has 218 valence electrons. The molecular weight excluding hydrogens is 523 g/mol. The maximum Gasteiger partial charge on any atom is 0.416 e. The lowest BCUT2D eigenvalue weighted by atomic mass is 9.77. The van der Waals surface area contributed by atoms with Gasteiger partial charge in [-0.15, -0.1) is 0 Å². The number of nitrogens with zero attached hydrogens (tertiary/aromatic N) is 1. The van der Waals surface area contributed by atoms with Crippen LogP contribution in [0.4, 0.5) is 13.2 Å². The Morgan fingerprint density at radius 3 is 2.42 bits per heavy atom. The monoisotopic (exact) mass is 561 g/mol. The summed E-state index contributed by atoms with van der Waals surface area (Å²) < 4.78 is 43.8. The molecule has 0 heterocycles. The molecule has 2 aromatic rings. The lowest BCUT2D eigenvalue weighted by Crippen LogP contribution is -2.51. The van der Waals surface area contributed by atoms with Gasteiger partial charge in [-0.1, -0.05) is 18.2 Å². The fraction of sp³-hybridized carbons (Fsp3) is 0.500. The van der Waals surface area contributed by atoms with Gasteiger partial charge in [-0.3, -0.25) is 9.59 Å². The Kier molecular flexibility index (Phi) is 10.7. The van der Waals surface area contributed by atoms with Gasteiger partial charge >= 0.3 is 12.1 Å². The van der Waals surface area contributed by atoms with Crippen LogP contribution in [-0.2, 0) is 22.1 Å². The highest BCUT2D eigenvalue weighted by atomic mass is 19.4. The normalized spacial score (nSPS) is 19.4. The summed E-state index contributed by atoms with van der Waals surface area (Å²) in [5.74, 6) is -1.37. The molecule has 0 aromatic heterocycles. The number of benzene rings is 2. The largest absolute Gasteiger partial charge is 0.465 e. The van der Waals surface area contributed by atoms with E-state index in [1.165, 1.54) is 13.2 Å². The van der Waals surface area contributed by atoms with Crippen LogP contribution in [0.3, 0.4) is 0 Å². The van der Waals surface area contributed by atoms with Crippen LogP contribution in [0.2, 0.25) is 0 Å². The van der Waals surface area contributed by atoms with Crippen molar-refractivity contribution < 1.29 is 32.3 Å². The smallest absolute Gasteiger partial charge is 0.416 e. The van der Waals surface area contributed by atoms with Crippen molar-refractivity contribution >= 4 is 17.8 Å². The van der Waals surface area contributed by atoms with E-state index in [4.69, 9.17) is 4.74 Å². The first-order chi connectivity index (χ1) is 18.9. The number of nitrogens with one attached hydrogen (secondary N) is 2. The van der Waals surface area contributed by atoms with E-state index in [1.54, 1.807) is 6.07 Å². The first-order valence-corrected chi connectivity index (χ1v) is 13.5. The molecule has 7 nitrogen and oxygen atoms in total. The predicted octanol–water partition coefficient (Wildman–Crippen LogP) is 4.85. The summed E-state index contributed by atoms with van der Waals surface area (Å²) in [4.78, 5) is 39.5. The van der Waals surface area contributed by atoms with E-state index in [-0.39, 0.29) is 24.1 Å². The fourth-order valence-corrected chi connectivity index (χ4v) is 5.22. The predicted molar refractivity (Wildman–Crippen MR) is 146 cm³/mol. The molecule has 10 heteroatoms. The van der Waals surface area contributed by atoms with Crippen molar-refractivity contribution in [2.45, 2.75) is 70.3 Å². The lowest BCUT2D eigenvalue weighted by molar-refractivity contribution is -0.137. The molecule has 0 saturated heterocycles. The van der Waals surface area contributed by atoms with Gasteiger partial charge in [-0.2, -0.15) is 13.2 Å². The Hall–Kier alpha value is -3.40. The van der Waals surface area contributed by atoms with Crippen molar-refractivity contribution in [3.8, 4) is 0 Å². The molecule has 0 aliphatic heterocycles. The van der Waals surface area contributed by atoms with Crippen molar-refractivity contribution in [3.63, 3.8) is 0 Å². The second-order valence-electron chi connectivity index (χ2n) is 10.7. The third-order valence-electron chi connectivity index (χ3n) is 7.71. The molecular formula is C30H38F3N3O4. The number of methoxy groups -OCH3 is 1. The molecule has 2 amide bonds. The molecule has 0 spiro atoms. The van der Waals surface area contributed by atoms with Crippen LogP contribution >= 0.6 is 0 Å². The summed E-state index contributed by atoms with van der Waals surface area (Å²) >= 11 is 0. The third-order valence-corrected chi connectivity index (χ3v) is 7.71. The number of rotatable bonds is 10. The molecule has 0 bridgehead atoms. The van der Waals surface area contributed by atoms with E-state index >= 15 is 0 Å². The van der Waals surface area contributed by atoms with E-state index in [1.807, 2.05) is 18.2 Å². The highest BCUT2D eigenvalue weighted by Crippen LogP contribution is 2.32. The van der Waals surface area contributed by atoms with Gasteiger partial charge in [0.25, 0.3) is 5.91 Å².